The zero-order valence-corrected chi connectivity index (χ0v) is 17.3. The normalized spacial score (nSPS) is 14.4. The Bertz CT molecular complexity index is 837. The maximum absolute atomic E-state index is 10.6. The zero-order chi connectivity index (χ0) is 19.8. The van der Waals surface area contributed by atoms with E-state index >= 15 is 0 Å². The zero-order valence-electron chi connectivity index (χ0n) is 15.7. The van der Waals surface area contributed by atoms with Crippen molar-refractivity contribution in [3.05, 3.63) is 106 Å². The number of hydrogen-bond donors (Lipinski definition) is 2. The van der Waals surface area contributed by atoms with Crippen molar-refractivity contribution < 1.29 is 14.9 Å². The summed E-state index contributed by atoms with van der Waals surface area (Å²) in [5, 5.41) is 20.4. The summed E-state index contributed by atoms with van der Waals surface area (Å²) in [5.74, 6) is -0.207. The first-order valence-electron chi connectivity index (χ1n) is 9.40. The van der Waals surface area contributed by atoms with Gasteiger partial charge in [-0.25, -0.2) is 0 Å². The molecule has 0 bridgehead atoms. The quantitative estimate of drug-likeness (QED) is 0.490. The van der Waals surface area contributed by atoms with Crippen LogP contribution in [0.25, 0.3) is 0 Å². The predicted molar refractivity (Wildman–Crippen MR) is 115 cm³/mol. The van der Waals surface area contributed by atoms with Crippen LogP contribution in [0.2, 0.25) is 0 Å². The van der Waals surface area contributed by atoms with Crippen LogP contribution in [0, 0.1) is 0 Å². The lowest BCUT2D eigenvalue weighted by Gasteiger charge is -2.40. The molecule has 3 aromatic rings. The molecule has 2 atom stereocenters. The van der Waals surface area contributed by atoms with E-state index in [4.69, 9.17) is 4.74 Å². The summed E-state index contributed by atoms with van der Waals surface area (Å²) < 4.78 is 7.46. The molecule has 0 saturated carbocycles. The van der Waals surface area contributed by atoms with Gasteiger partial charge in [0.05, 0.1) is 13.2 Å². The van der Waals surface area contributed by atoms with E-state index in [-0.39, 0.29) is 19.1 Å². The van der Waals surface area contributed by atoms with Gasteiger partial charge in [-0.1, -0.05) is 88.7 Å². The standard InChI is InChI=1S/C24H25BrO3/c25-22-13-11-20(12-14-22)23(15-16-26)24(18-27,21-9-5-2-6-10-21)28-17-19-7-3-1-4-8-19/h1-14,23,26-27H,15-18H2/t23-,24+/m0/s1. The van der Waals surface area contributed by atoms with Gasteiger partial charge in [-0.15, -0.1) is 0 Å². The lowest BCUT2D eigenvalue weighted by atomic mass is 9.75. The molecule has 0 heterocycles. The molecule has 4 heteroatoms. The van der Waals surface area contributed by atoms with Crippen molar-refractivity contribution in [3.8, 4) is 0 Å². The van der Waals surface area contributed by atoms with Crippen LogP contribution in [0.4, 0.5) is 0 Å². The van der Waals surface area contributed by atoms with Crippen LogP contribution >= 0.6 is 15.9 Å². The van der Waals surface area contributed by atoms with Gasteiger partial charge in [-0.2, -0.15) is 0 Å². The third-order valence-electron chi connectivity index (χ3n) is 5.09. The lowest BCUT2D eigenvalue weighted by Crippen LogP contribution is -2.41. The summed E-state index contributed by atoms with van der Waals surface area (Å²) in [7, 11) is 0. The molecule has 0 aromatic heterocycles. The second kappa shape index (κ2) is 9.99. The Morgan fingerprint density at radius 3 is 2.00 bits per heavy atom. The number of ether oxygens (including phenoxy) is 1. The fourth-order valence-electron chi connectivity index (χ4n) is 3.63. The van der Waals surface area contributed by atoms with Crippen molar-refractivity contribution in [2.45, 2.75) is 24.5 Å². The first-order chi connectivity index (χ1) is 13.7. The van der Waals surface area contributed by atoms with Gasteiger partial charge >= 0.3 is 0 Å². The highest BCUT2D eigenvalue weighted by Gasteiger charge is 2.42. The Hall–Kier alpha value is -1.98. The highest BCUT2D eigenvalue weighted by Crippen LogP contribution is 2.43. The van der Waals surface area contributed by atoms with E-state index in [0.717, 1.165) is 21.2 Å². The van der Waals surface area contributed by atoms with Crippen LogP contribution in [0.15, 0.2) is 89.4 Å². The molecule has 146 valence electrons. The van der Waals surface area contributed by atoms with E-state index in [1.807, 2.05) is 84.9 Å². The number of aliphatic hydroxyl groups is 2. The molecule has 3 rings (SSSR count). The highest BCUT2D eigenvalue weighted by molar-refractivity contribution is 9.10. The van der Waals surface area contributed by atoms with Crippen molar-refractivity contribution >= 4 is 15.9 Å². The molecule has 0 spiro atoms. The van der Waals surface area contributed by atoms with Gasteiger partial charge in [0, 0.05) is 17.0 Å². The fourth-order valence-corrected chi connectivity index (χ4v) is 3.90. The van der Waals surface area contributed by atoms with Gasteiger partial charge in [0.15, 0.2) is 0 Å². The van der Waals surface area contributed by atoms with E-state index < -0.39 is 5.60 Å². The summed E-state index contributed by atoms with van der Waals surface area (Å²) in [6.07, 6.45) is 0.478. The highest BCUT2D eigenvalue weighted by atomic mass is 79.9. The summed E-state index contributed by atoms with van der Waals surface area (Å²) >= 11 is 3.48. The Kier molecular flexibility index (Phi) is 7.40. The molecule has 0 aliphatic rings. The maximum Gasteiger partial charge on any atom is 0.123 e. The summed E-state index contributed by atoms with van der Waals surface area (Å²) in [6.45, 7) is 0.184. The number of benzene rings is 3. The predicted octanol–water partition coefficient (Wildman–Crippen LogP) is 5.02. The van der Waals surface area contributed by atoms with E-state index in [1.54, 1.807) is 0 Å². The Balaban J connectivity index is 2.05. The van der Waals surface area contributed by atoms with Crippen molar-refractivity contribution in [1.82, 2.24) is 0 Å². The van der Waals surface area contributed by atoms with Crippen molar-refractivity contribution in [2.24, 2.45) is 0 Å². The Labute approximate surface area is 174 Å². The monoisotopic (exact) mass is 440 g/mol. The van der Waals surface area contributed by atoms with Crippen LogP contribution in [0.5, 0.6) is 0 Å². The molecule has 0 fully saturated rings. The molecule has 3 nitrogen and oxygen atoms in total. The van der Waals surface area contributed by atoms with E-state index in [1.165, 1.54) is 0 Å². The molecule has 0 amide bonds. The molecule has 28 heavy (non-hydrogen) atoms. The van der Waals surface area contributed by atoms with Crippen LogP contribution < -0.4 is 0 Å². The third kappa shape index (κ3) is 4.70. The maximum atomic E-state index is 10.6. The first kappa shape index (κ1) is 20.7. The van der Waals surface area contributed by atoms with Gasteiger partial charge < -0.3 is 14.9 Å². The number of halogens is 1. The summed E-state index contributed by atoms with van der Waals surface area (Å²) in [4.78, 5) is 0. The van der Waals surface area contributed by atoms with Gasteiger partial charge in [-0.3, -0.25) is 0 Å². The molecule has 3 aromatic carbocycles. The first-order valence-corrected chi connectivity index (χ1v) is 10.2. The van der Waals surface area contributed by atoms with Gasteiger partial charge in [-0.05, 0) is 35.2 Å². The SMILES string of the molecule is OCC[C@@H](c1ccc(Br)cc1)[C@](CO)(OCc1ccccc1)c1ccccc1. The van der Waals surface area contributed by atoms with Crippen molar-refractivity contribution in [2.75, 3.05) is 13.2 Å². The smallest absolute Gasteiger partial charge is 0.123 e. The van der Waals surface area contributed by atoms with E-state index in [9.17, 15) is 10.2 Å². The molecule has 0 saturated heterocycles. The number of hydrogen-bond acceptors (Lipinski definition) is 3. The second-order valence-corrected chi connectivity index (χ2v) is 7.72. The Morgan fingerprint density at radius 2 is 1.43 bits per heavy atom. The molecule has 0 unspecified atom stereocenters. The molecule has 0 aliphatic carbocycles. The minimum absolute atomic E-state index is 0.00398. The van der Waals surface area contributed by atoms with Crippen molar-refractivity contribution in [3.63, 3.8) is 0 Å². The van der Waals surface area contributed by atoms with E-state index in [2.05, 4.69) is 15.9 Å². The van der Waals surface area contributed by atoms with E-state index in [0.29, 0.717) is 13.0 Å². The van der Waals surface area contributed by atoms with Crippen LogP contribution in [0.1, 0.15) is 29.0 Å². The molecular weight excluding hydrogens is 416 g/mol. The third-order valence-corrected chi connectivity index (χ3v) is 5.62. The average molecular weight is 441 g/mol. The molecule has 0 radical (unpaired) electrons. The molecule has 2 N–H and O–H groups in total. The van der Waals surface area contributed by atoms with Crippen molar-refractivity contribution in [1.29, 1.82) is 0 Å². The summed E-state index contributed by atoms with van der Waals surface area (Å²) in [5.41, 5.74) is 1.99. The number of rotatable bonds is 9. The largest absolute Gasteiger partial charge is 0.396 e. The van der Waals surface area contributed by atoms with Gasteiger partial charge in [0.2, 0.25) is 0 Å². The minimum Gasteiger partial charge on any atom is -0.396 e. The van der Waals surface area contributed by atoms with Gasteiger partial charge in [0.1, 0.15) is 5.60 Å². The number of aliphatic hydroxyl groups excluding tert-OH is 2. The lowest BCUT2D eigenvalue weighted by molar-refractivity contribution is -0.116. The topological polar surface area (TPSA) is 49.7 Å². The minimum atomic E-state index is -0.965. The molecular formula is C24H25BrO3. The molecule has 0 aliphatic heterocycles. The van der Waals surface area contributed by atoms with Gasteiger partial charge in [0.25, 0.3) is 0 Å². The fraction of sp³-hybridized carbons (Fsp3) is 0.250. The van der Waals surface area contributed by atoms with Crippen LogP contribution in [0.3, 0.4) is 0 Å². The second-order valence-electron chi connectivity index (χ2n) is 6.80. The summed E-state index contributed by atoms with van der Waals surface area (Å²) in [6, 6.07) is 27.7. The van der Waals surface area contributed by atoms with Crippen LogP contribution in [-0.4, -0.2) is 23.4 Å². The Morgan fingerprint density at radius 1 is 0.821 bits per heavy atom. The average Bonchev–Trinajstić information content (AvgIpc) is 2.76. The van der Waals surface area contributed by atoms with Crippen LogP contribution in [-0.2, 0) is 16.9 Å².